The van der Waals surface area contributed by atoms with Crippen LogP contribution >= 0.6 is 35.3 Å². The Balaban J connectivity index is 0.00000280. The van der Waals surface area contributed by atoms with E-state index >= 15 is 0 Å². The van der Waals surface area contributed by atoms with Crippen LogP contribution in [0.4, 0.5) is 0 Å². The second-order valence-corrected chi connectivity index (χ2v) is 8.13. The summed E-state index contributed by atoms with van der Waals surface area (Å²) in [4.78, 5) is 13.1. The number of benzene rings is 1. The van der Waals surface area contributed by atoms with Gasteiger partial charge < -0.3 is 15.0 Å². The number of rotatable bonds is 6. The quantitative estimate of drug-likeness (QED) is 0.352. The number of nitrogens with one attached hydrogen (secondary N) is 1. The normalized spacial score (nSPS) is 15.2. The molecule has 0 bridgehead atoms. The number of hydrogen-bond donors (Lipinski definition) is 1. The summed E-state index contributed by atoms with van der Waals surface area (Å²) in [5.41, 5.74) is 1.15. The molecule has 5 nitrogen and oxygen atoms in total. The first kappa shape index (κ1) is 22.9. The van der Waals surface area contributed by atoms with E-state index in [9.17, 15) is 0 Å². The van der Waals surface area contributed by atoms with Crippen LogP contribution < -0.4 is 10.1 Å². The molecule has 0 radical (unpaired) electrons. The number of halogens is 1. The van der Waals surface area contributed by atoms with Crippen LogP contribution in [0.15, 0.2) is 35.3 Å². The smallest absolute Gasteiger partial charge is 0.193 e. The highest BCUT2D eigenvalue weighted by atomic mass is 127. The molecule has 1 aliphatic rings. The molecule has 154 valence electrons. The van der Waals surface area contributed by atoms with Gasteiger partial charge in [0.05, 0.1) is 10.7 Å². The van der Waals surface area contributed by atoms with Crippen molar-refractivity contribution in [3.8, 4) is 5.75 Å². The lowest BCUT2D eigenvalue weighted by molar-refractivity contribution is 0.129. The summed E-state index contributed by atoms with van der Waals surface area (Å²) in [7, 11) is 0. The number of ether oxygens (including phenoxy) is 1. The van der Waals surface area contributed by atoms with Crippen LogP contribution in [0.25, 0.3) is 0 Å². The topological polar surface area (TPSA) is 49.8 Å². The zero-order valence-corrected chi connectivity index (χ0v) is 20.1. The molecule has 1 fully saturated rings. The fraction of sp³-hybridized carbons (Fsp3) is 0.524. The Morgan fingerprint density at radius 2 is 1.96 bits per heavy atom. The van der Waals surface area contributed by atoms with Gasteiger partial charge in [0.2, 0.25) is 0 Å². The van der Waals surface area contributed by atoms with E-state index in [1.165, 1.54) is 4.88 Å². The minimum Gasteiger partial charge on any atom is -0.490 e. The number of thiazole rings is 1. The molecule has 0 atom stereocenters. The standard InChI is InChI=1S/C21H30N4OS.HI/c1-4-22-21(23-13-10-20-16(2)24-17(3)27-20)25-14-11-19(12-15-25)26-18-8-6-5-7-9-18;/h5-9,19H,4,10-15H2,1-3H3,(H,22,23);1H. The number of hydrogen-bond acceptors (Lipinski definition) is 4. The highest BCUT2D eigenvalue weighted by Gasteiger charge is 2.22. The van der Waals surface area contributed by atoms with Crippen LogP contribution in [0.5, 0.6) is 5.75 Å². The van der Waals surface area contributed by atoms with E-state index < -0.39 is 0 Å². The van der Waals surface area contributed by atoms with Gasteiger partial charge in [-0.15, -0.1) is 35.3 Å². The molecule has 1 aromatic heterocycles. The number of para-hydroxylation sites is 1. The van der Waals surface area contributed by atoms with E-state index in [4.69, 9.17) is 9.73 Å². The molecule has 7 heteroatoms. The number of aromatic nitrogens is 1. The van der Waals surface area contributed by atoms with Gasteiger partial charge in [0.15, 0.2) is 5.96 Å². The lowest BCUT2D eigenvalue weighted by Crippen LogP contribution is -2.47. The van der Waals surface area contributed by atoms with Gasteiger partial charge in [-0.05, 0) is 32.9 Å². The Morgan fingerprint density at radius 3 is 2.57 bits per heavy atom. The summed E-state index contributed by atoms with van der Waals surface area (Å²) in [5, 5.41) is 4.58. The van der Waals surface area contributed by atoms with Crippen molar-refractivity contribution in [1.82, 2.24) is 15.2 Å². The van der Waals surface area contributed by atoms with Crippen molar-refractivity contribution in [2.24, 2.45) is 4.99 Å². The number of guanidine groups is 1. The minimum absolute atomic E-state index is 0. The van der Waals surface area contributed by atoms with Crippen molar-refractivity contribution >= 4 is 41.3 Å². The first-order chi connectivity index (χ1) is 13.2. The van der Waals surface area contributed by atoms with Crippen molar-refractivity contribution < 1.29 is 4.74 Å². The Hall–Kier alpha value is -1.35. The maximum absolute atomic E-state index is 6.11. The molecule has 0 unspecified atom stereocenters. The minimum atomic E-state index is 0. The van der Waals surface area contributed by atoms with E-state index in [-0.39, 0.29) is 30.1 Å². The molecule has 1 N–H and O–H groups in total. The molecule has 1 aliphatic heterocycles. The second-order valence-electron chi connectivity index (χ2n) is 6.84. The van der Waals surface area contributed by atoms with Gasteiger partial charge in [-0.1, -0.05) is 18.2 Å². The van der Waals surface area contributed by atoms with Crippen molar-refractivity contribution in [3.05, 3.63) is 45.9 Å². The van der Waals surface area contributed by atoms with Gasteiger partial charge in [0.1, 0.15) is 11.9 Å². The first-order valence-corrected chi connectivity index (χ1v) is 10.6. The second kappa shape index (κ2) is 11.6. The van der Waals surface area contributed by atoms with Gasteiger partial charge in [-0.2, -0.15) is 0 Å². The maximum atomic E-state index is 6.11. The number of likely N-dealkylation sites (tertiary alicyclic amines) is 1. The fourth-order valence-corrected chi connectivity index (χ4v) is 4.30. The average Bonchev–Trinajstić information content (AvgIpc) is 3.00. The van der Waals surface area contributed by atoms with Gasteiger partial charge in [0.25, 0.3) is 0 Å². The number of aryl methyl sites for hydroxylation is 2. The summed E-state index contributed by atoms with van der Waals surface area (Å²) in [6.45, 7) is 9.91. The van der Waals surface area contributed by atoms with E-state index in [0.29, 0.717) is 0 Å². The third-order valence-corrected chi connectivity index (χ3v) is 5.86. The molecule has 3 rings (SSSR count). The maximum Gasteiger partial charge on any atom is 0.193 e. The number of aliphatic imine (C=N–C) groups is 1. The molecule has 0 amide bonds. The van der Waals surface area contributed by atoms with Crippen LogP contribution in [0, 0.1) is 13.8 Å². The number of nitrogens with zero attached hydrogens (tertiary/aromatic N) is 3. The average molecular weight is 514 g/mol. The zero-order valence-electron chi connectivity index (χ0n) is 17.0. The van der Waals surface area contributed by atoms with Crippen LogP contribution in [0.3, 0.4) is 0 Å². The molecular formula is C21H31IN4OS. The molecule has 2 aromatic rings. The van der Waals surface area contributed by atoms with Crippen molar-refractivity contribution in [1.29, 1.82) is 0 Å². The highest BCUT2D eigenvalue weighted by molar-refractivity contribution is 14.0. The van der Waals surface area contributed by atoms with E-state index in [1.54, 1.807) is 11.3 Å². The van der Waals surface area contributed by atoms with Gasteiger partial charge in [-0.25, -0.2) is 4.98 Å². The SMILES string of the molecule is CCNC(=NCCc1sc(C)nc1C)N1CCC(Oc2ccccc2)CC1.I. The third-order valence-electron chi connectivity index (χ3n) is 4.72. The molecular weight excluding hydrogens is 483 g/mol. The van der Waals surface area contributed by atoms with Crippen LogP contribution in [-0.4, -0.2) is 48.1 Å². The molecule has 0 spiro atoms. The van der Waals surface area contributed by atoms with Crippen LogP contribution in [0.2, 0.25) is 0 Å². The van der Waals surface area contributed by atoms with Crippen LogP contribution in [-0.2, 0) is 6.42 Å². The van der Waals surface area contributed by atoms with Crippen LogP contribution in [0.1, 0.15) is 35.3 Å². The van der Waals surface area contributed by atoms with E-state index in [2.05, 4.69) is 36.0 Å². The summed E-state index contributed by atoms with van der Waals surface area (Å²) < 4.78 is 6.11. The van der Waals surface area contributed by atoms with Gasteiger partial charge >= 0.3 is 0 Å². The molecule has 0 aliphatic carbocycles. The lowest BCUT2D eigenvalue weighted by Gasteiger charge is -2.34. The monoisotopic (exact) mass is 514 g/mol. The Bertz CT molecular complexity index is 742. The molecule has 2 heterocycles. The first-order valence-electron chi connectivity index (χ1n) is 9.83. The summed E-state index contributed by atoms with van der Waals surface area (Å²) in [5.74, 6) is 1.99. The summed E-state index contributed by atoms with van der Waals surface area (Å²) in [6, 6.07) is 10.1. The Morgan fingerprint density at radius 1 is 1.25 bits per heavy atom. The molecule has 1 saturated heterocycles. The lowest BCUT2D eigenvalue weighted by atomic mass is 10.1. The third kappa shape index (κ3) is 6.62. The summed E-state index contributed by atoms with van der Waals surface area (Å²) in [6.07, 6.45) is 3.29. The van der Waals surface area contributed by atoms with Gasteiger partial charge in [0, 0.05) is 50.3 Å². The predicted octanol–water partition coefficient (Wildman–Crippen LogP) is 4.43. The predicted molar refractivity (Wildman–Crippen MR) is 128 cm³/mol. The van der Waals surface area contributed by atoms with E-state index in [1.807, 2.05) is 30.3 Å². The number of piperidine rings is 1. The molecule has 0 saturated carbocycles. The molecule has 28 heavy (non-hydrogen) atoms. The Kier molecular flexibility index (Phi) is 9.50. The van der Waals surface area contributed by atoms with Crippen molar-refractivity contribution in [3.63, 3.8) is 0 Å². The largest absolute Gasteiger partial charge is 0.490 e. The van der Waals surface area contributed by atoms with E-state index in [0.717, 1.165) is 67.9 Å². The fourth-order valence-electron chi connectivity index (χ4n) is 3.37. The zero-order chi connectivity index (χ0) is 19.1. The van der Waals surface area contributed by atoms with Gasteiger partial charge in [-0.3, -0.25) is 4.99 Å². The molecule has 1 aromatic carbocycles. The Labute approximate surface area is 189 Å². The summed E-state index contributed by atoms with van der Waals surface area (Å²) >= 11 is 1.79. The van der Waals surface area contributed by atoms with Crippen molar-refractivity contribution in [2.75, 3.05) is 26.2 Å². The van der Waals surface area contributed by atoms with Crippen molar-refractivity contribution in [2.45, 2.75) is 46.1 Å². The highest BCUT2D eigenvalue weighted by Crippen LogP contribution is 2.19.